The third-order valence-corrected chi connectivity index (χ3v) is 5.72. The molecule has 2 amide bonds. The molecule has 3 heterocycles. The number of thiophene rings is 1. The molecule has 1 aromatic carbocycles. The molecular formula is C18H17ClN2O4S. The first-order valence-electron chi connectivity index (χ1n) is 8.34. The molecular weight excluding hydrogens is 376 g/mol. The van der Waals surface area contributed by atoms with Gasteiger partial charge in [-0.2, -0.15) is 0 Å². The Kier molecular flexibility index (Phi) is 4.74. The van der Waals surface area contributed by atoms with E-state index < -0.39 is 6.04 Å². The van der Waals surface area contributed by atoms with E-state index in [2.05, 4.69) is 5.32 Å². The van der Waals surface area contributed by atoms with Gasteiger partial charge in [-0.1, -0.05) is 17.7 Å². The van der Waals surface area contributed by atoms with Crippen molar-refractivity contribution in [1.82, 2.24) is 10.2 Å². The first-order valence-corrected chi connectivity index (χ1v) is 9.54. The Labute approximate surface area is 159 Å². The number of hydrogen-bond donors (Lipinski definition) is 1. The summed E-state index contributed by atoms with van der Waals surface area (Å²) < 4.78 is 11.2. The molecule has 0 spiro atoms. The smallest absolute Gasteiger partial charge is 0.264 e. The second-order valence-electron chi connectivity index (χ2n) is 6.17. The highest BCUT2D eigenvalue weighted by Crippen LogP contribution is 2.32. The van der Waals surface area contributed by atoms with E-state index >= 15 is 0 Å². The van der Waals surface area contributed by atoms with Gasteiger partial charge >= 0.3 is 0 Å². The van der Waals surface area contributed by atoms with Gasteiger partial charge in [0.05, 0.1) is 9.21 Å². The molecule has 4 rings (SSSR count). The topological polar surface area (TPSA) is 67.9 Å². The Morgan fingerprint density at radius 3 is 2.88 bits per heavy atom. The monoisotopic (exact) mass is 392 g/mol. The van der Waals surface area contributed by atoms with Gasteiger partial charge in [-0.3, -0.25) is 9.59 Å². The summed E-state index contributed by atoms with van der Waals surface area (Å²) >= 11 is 7.15. The van der Waals surface area contributed by atoms with E-state index in [4.69, 9.17) is 21.1 Å². The quantitative estimate of drug-likeness (QED) is 0.868. The maximum absolute atomic E-state index is 12.6. The third kappa shape index (κ3) is 3.37. The number of nitrogens with one attached hydrogen (secondary N) is 1. The van der Waals surface area contributed by atoms with E-state index in [1.54, 1.807) is 17.0 Å². The molecule has 2 aliphatic heterocycles. The van der Waals surface area contributed by atoms with Gasteiger partial charge in [0.1, 0.15) is 6.04 Å². The van der Waals surface area contributed by atoms with Crippen molar-refractivity contribution in [3.63, 3.8) is 0 Å². The largest absolute Gasteiger partial charge is 0.454 e. The molecule has 136 valence electrons. The van der Waals surface area contributed by atoms with E-state index in [0.717, 1.165) is 12.0 Å². The van der Waals surface area contributed by atoms with Crippen LogP contribution < -0.4 is 14.8 Å². The summed E-state index contributed by atoms with van der Waals surface area (Å²) in [5.41, 5.74) is 0.920. The average Bonchev–Trinajstić information content (AvgIpc) is 3.38. The van der Waals surface area contributed by atoms with Crippen LogP contribution >= 0.6 is 22.9 Å². The van der Waals surface area contributed by atoms with E-state index in [0.29, 0.717) is 40.2 Å². The number of carbonyl (C=O) groups excluding carboxylic acids is 2. The molecule has 2 aliphatic rings. The Bertz CT molecular complexity index is 853. The summed E-state index contributed by atoms with van der Waals surface area (Å²) in [5, 5.41) is 2.92. The predicted molar refractivity (Wildman–Crippen MR) is 97.8 cm³/mol. The third-order valence-electron chi connectivity index (χ3n) is 4.50. The van der Waals surface area contributed by atoms with Crippen LogP contribution in [0.4, 0.5) is 0 Å². The number of likely N-dealkylation sites (tertiary alicyclic amines) is 1. The fourth-order valence-electron chi connectivity index (χ4n) is 3.21. The minimum atomic E-state index is -0.447. The summed E-state index contributed by atoms with van der Waals surface area (Å²) in [4.78, 5) is 27.5. The van der Waals surface area contributed by atoms with Crippen LogP contribution in [0.2, 0.25) is 4.34 Å². The lowest BCUT2D eigenvalue weighted by atomic mass is 10.1. The van der Waals surface area contributed by atoms with Crippen molar-refractivity contribution in [3.8, 4) is 11.5 Å². The number of benzene rings is 1. The Hall–Kier alpha value is -2.25. The zero-order chi connectivity index (χ0) is 18.1. The number of hydrogen-bond acceptors (Lipinski definition) is 5. The average molecular weight is 393 g/mol. The van der Waals surface area contributed by atoms with Crippen LogP contribution in [0.1, 0.15) is 28.1 Å². The highest BCUT2D eigenvalue weighted by Gasteiger charge is 2.34. The summed E-state index contributed by atoms with van der Waals surface area (Å²) in [6.07, 6.45) is 1.48. The van der Waals surface area contributed by atoms with Gasteiger partial charge in [-0.05, 0) is 42.7 Å². The van der Waals surface area contributed by atoms with Crippen molar-refractivity contribution in [2.45, 2.75) is 25.4 Å². The first kappa shape index (κ1) is 17.2. The van der Waals surface area contributed by atoms with Crippen LogP contribution in [0, 0.1) is 0 Å². The Balaban J connectivity index is 1.39. The second-order valence-corrected chi connectivity index (χ2v) is 7.88. The van der Waals surface area contributed by atoms with Gasteiger partial charge in [-0.15, -0.1) is 11.3 Å². The molecule has 0 bridgehead atoms. The van der Waals surface area contributed by atoms with Crippen molar-refractivity contribution in [1.29, 1.82) is 0 Å². The molecule has 0 saturated carbocycles. The summed E-state index contributed by atoms with van der Waals surface area (Å²) in [5.74, 6) is 1.12. The molecule has 1 aromatic heterocycles. The first-order chi connectivity index (χ1) is 12.6. The molecule has 1 fully saturated rings. The minimum Gasteiger partial charge on any atom is -0.454 e. The number of rotatable bonds is 4. The molecule has 0 radical (unpaired) electrons. The predicted octanol–water partition coefficient (Wildman–Crippen LogP) is 3.05. The zero-order valence-electron chi connectivity index (χ0n) is 13.9. The van der Waals surface area contributed by atoms with Crippen LogP contribution in [0.15, 0.2) is 30.3 Å². The summed E-state index contributed by atoms with van der Waals surface area (Å²) in [7, 11) is 0. The van der Waals surface area contributed by atoms with E-state index in [9.17, 15) is 9.59 Å². The van der Waals surface area contributed by atoms with Crippen LogP contribution in [-0.2, 0) is 11.3 Å². The molecule has 0 aliphatic carbocycles. The standard InChI is InChI=1S/C18H17ClN2O4S/c19-16-6-5-15(26-16)18(23)21-7-1-2-12(21)17(22)20-9-11-3-4-13-14(8-11)25-10-24-13/h3-6,8,12H,1-2,7,9-10H2,(H,20,22)/t12-/m1/s1. The van der Waals surface area contributed by atoms with Crippen LogP contribution in [0.25, 0.3) is 0 Å². The van der Waals surface area contributed by atoms with Gasteiger partial charge in [0.15, 0.2) is 11.5 Å². The number of amides is 2. The number of nitrogens with zero attached hydrogens (tertiary/aromatic N) is 1. The van der Waals surface area contributed by atoms with E-state index in [1.165, 1.54) is 11.3 Å². The molecule has 2 aromatic rings. The van der Waals surface area contributed by atoms with Gasteiger partial charge < -0.3 is 19.7 Å². The Morgan fingerprint density at radius 2 is 2.08 bits per heavy atom. The van der Waals surface area contributed by atoms with Gasteiger partial charge in [0.2, 0.25) is 12.7 Å². The van der Waals surface area contributed by atoms with Crippen LogP contribution in [-0.4, -0.2) is 36.1 Å². The highest BCUT2D eigenvalue weighted by atomic mass is 35.5. The van der Waals surface area contributed by atoms with Crippen molar-refractivity contribution in [2.75, 3.05) is 13.3 Å². The van der Waals surface area contributed by atoms with E-state index in [1.807, 2.05) is 18.2 Å². The molecule has 0 unspecified atom stereocenters. The van der Waals surface area contributed by atoms with Gasteiger partial charge in [0, 0.05) is 13.1 Å². The number of halogens is 1. The van der Waals surface area contributed by atoms with Crippen molar-refractivity contribution in [2.24, 2.45) is 0 Å². The van der Waals surface area contributed by atoms with Crippen molar-refractivity contribution < 1.29 is 19.1 Å². The fourth-order valence-corrected chi connectivity index (χ4v) is 4.21. The molecule has 1 atom stereocenters. The maximum atomic E-state index is 12.6. The fraction of sp³-hybridized carbons (Fsp3) is 0.333. The van der Waals surface area contributed by atoms with E-state index in [-0.39, 0.29) is 18.6 Å². The number of carbonyl (C=O) groups is 2. The van der Waals surface area contributed by atoms with Crippen molar-refractivity contribution in [3.05, 3.63) is 45.1 Å². The second kappa shape index (κ2) is 7.17. The molecule has 26 heavy (non-hydrogen) atoms. The van der Waals surface area contributed by atoms with Gasteiger partial charge in [-0.25, -0.2) is 0 Å². The number of fused-ring (bicyclic) bond motifs is 1. The number of ether oxygens (including phenoxy) is 2. The highest BCUT2D eigenvalue weighted by molar-refractivity contribution is 7.17. The molecule has 8 heteroatoms. The summed E-state index contributed by atoms with van der Waals surface area (Å²) in [6.45, 7) is 1.17. The van der Waals surface area contributed by atoms with Crippen molar-refractivity contribution >= 4 is 34.8 Å². The van der Waals surface area contributed by atoms with Crippen LogP contribution in [0.3, 0.4) is 0 Å². The molecule has 1 saturated heterocycles. The van der Waals surface area contributed by atoms with Gasteiger partial charge in [0.25, 0.3) is 5.91 Å². The minimum absolute atomic E-state index is 0.136. The molecule has 6 nitrogen and oxygen atoms in total. The zero-order valence-corrected chi connectivity index (χ0v) is 15.4. The summed E-state index contributed by atoms with van der Waals surface area (Å²) in [6, 6.07) is 8.53. The Morgan fingerprint density at radius 1 is 1.23 bits per heavy atom. The SMILES string of the molecule is O=C(NCc1ccc2c(c1)OCO2)[C@H]1CCCN1C(=O)c1ccc(Cl)s1. The lowest BCUT2D eigenvalue weighted by Gasteiger charge is -2.23. The molecule has 1 N–H and O–H groups in total. The van der Waals surface area contributed by atoms with Crippen LogP contribution in [0.5, 0.6) is 11.5 Å². The lowest BCUT2D eigenvalue weighted by molar-refractivity contribution is -0.125. The maximum Gasteiger partial charge on any atom is 0.264 e. The normalized spacial score (nSPS) is 18.2. The lowest BCUT2D eigenvalue weighted by Crippen LogP contribution is -2.45.